The second-order valence-electron chi connectivity index (χ2n) is 5.80. The number of nitro groups is 1. The van der Waals surface area contributed by atoms with E-state index in [-0.39, 0.29) is 17.8 Å². The van der Waals surface area contributed by atoms with E-state index in [1.165, 1.54) is 32.2 Å². The van der Waals surface area contributed by atoms with Crippen molar-refractivity contribution in [3.63, 3.8) is 0 Å². The summed E-state index contributed by atoms with van der Waals surface area (Å²) in [5.41, 5.74) is 1.48. The van der Waals surface area contributed by atoms with Crippen molar-refractivity contribution in [2.24, 2.45) is 0 Å². The van der Waals surface area contributed by atoms with E-state index in [4.69, 9.17) is 4.74 Å². The highest BCUT2D eigenvalue weighted by Crippen LogP contribution is 2.19. The molecule has 0 bridgehead atoms. The van der Waals surface area contributed by atoms with E-state index in [0.717, 1.165) is 5.56 Å². The standard InChI is InChI=1S/C19H18N2O7/c1-12-9-15(7-8-16(12)21(25)26)19(24)28-11-17(22)20-10-13-3-5-14(6-4-13)18(23)27-2/h3-9H,10-11H2,1-2H3,(H,20,22). The molecule has 1 N–H and O–H groups in total. The number of carbonyl (C=O) groups is 3. The first-order valence-electron chi connectivity index (χ1n) is 8.18. The fraction of sp³-hybridized carbons (Fsp3) is 0.211. The zero-order valence-corrected chi connectivity index (χ0v) is 15.3. The molecule has 0 fully saturated rings. The van der Waals surface area contributed by atoms with Gasteiger partial charge in [-0.15, -0.1) is 0 Å². The number of esters is 2. The first-order chi connectivity index (χ1) is 13.3. The average molecular weight is 386 g/mol. The van der Waals surface area contributed by atoms with Crippen LogP contribution in [0.2, 0.25) is 0 Å². The molecular formula is C19H18N2O7. The molecule has 1 amide bonds. The smallest absolute Gasteiger partial charge is 0.338 e. The van der Waals surface area contributed by atoms with Gasteiger partial charge < -0.3 is 14.8 Å². The number of rotatable bonds is 7. The summed E-state index contributed by atoms with van der Waals surface area (Å²) in [5.74, 6) is -1.72. The lowest BCUT2D eigenvalue weighted by Gasteiger charge is -2.08. The van der Waals surface area contributed by atoms with Crippen molar-refractivity contribution in [2.45, 2.75) is 13.5 Å². The topological polar surface area (TPSA) is 125 Å². The number of amides is 1. The molecule has 0 atom stereocenters. The van der Waals surface area contributed by atoms with Gasteiger partial charge in [-0.3, -0.25) is 14.9 Å². The van der Waals surface area contributed by atoms with Crippen LogP contribution in [0.3, 0.4) is 0 Å². The Balaban J connectivity index is 1.83. The molecule has 146 valence electrons. The molecule has 0 aromatic heterocycles. The maximum absolute atomic E-state index is 12.0. The summed E-state index contributed by atoms with van der Waals surface area (Å²) in [6.45, 7) is 1.21. The average Bonchev–Trinajstić information content (AvgIpc) is 2.69. The molecule has 0 aliphatic heterocycles. The Bertz CT molecular complexity index is 907. The predicted molar refractivity (Wildman–Crippen MR) is 97.7 cm³/mol. The minimum absolute atomic E-state index is 0.104. The van der Waals surface area contributed by atoms with E-state index in [1.54, 1.807) is 24.3 Å². The fourth-order valence-electron chi connectivity index (χ4n) is 2.33. The second-order valence-corrected chi connectivity index (χ2v) is 5.80. The Kier molecular flexibility index (Phi) is 6.80. The van der Waals surface area contributed by atoms with E-state index < -0.39 is 29.4 Å². The normalized spacial score (nSPS) is 10.1. The van der Waals surface area contributed by atoms with Crippen molar-refractivity contribution >= 4 is 23.5 Å². The Morgan fingerprint density at radius 3 is 2.25 bits per heavy atom. The lowest BCUT2D eigenvalue weighted by atomic mass is 10.1. The molecule has 28 heavy (non-hydrogen) atoms. The Morgan fingerprint density at radius 1 is 1.04 bits per heavy atom. The Hall–Kier alpha value is -3.75. The van der Waals surface area contributed by atoms with Crippen molar-refractivity contribution in [1.82, 2.24) is 5.32 Å². The van der Waals surface area contributed by atoms with Gasteiger partial charge in [0, 0.05) is 18.2 Å². The third-order valence-corrected chi connectivity index (χ3v) is 3.83. The Labute approximate surface area is 160 Å². The molecule has 0 aliphatic rings. The van der Waals surface area contributed by atoms with Gasteiger partial charge in [-0.25, -0.2) is 9.59 Å². The van der Waals surface area contributed by atoms with Crippen LogP contribution in [0.1, 0.15) is 31.8 Å². The molecule has 2 aromatic rings. The number of nitrogens with one attached hydrogen (secondary N) is 1. The first-order valence-corrected chi connectivity index (χ1v) is 8.18. The number of benzene rings is 2. The van der Waals surface area contributed by atoms with Gasteiger partial charge in [0.1, 0.15) is 0 Å². The molecule has 9 heteroatoms. The van der Waals surface area contributed by atoms with E-state index in [2.05, 4.69) is 10.1 Å². The molecule has 0 heterocycles. The highest BCUT2D eigenvalue weighted by Gasteiger charge is 2.15. The van der Waals surface area contributed by atoms with Crippen molar-refractivity contribution < 1.29 is 28.8 Å². The van der Waals surface area contributed by atoms with Gasteiger partial charge in [0.15, 0.2) is 6.61 Å². The van der Waals surface area contributed by atoms with Crippen LogP contribution in [0.4, 0.5) is 5.69 Å². The third kappa shape index (κ3) is 5.37. The van der Waals surface area contributed by atoms with Crippen LogP contribution in [-0.2, 0) is 20.8 Å². The second kappa shape index (κ2) is 9.26. The van der Waals surface area contributed by atoms with Crippen LogP contribution in [0, 0.1) is 17.0 Å². The number of carbonyl (C=O) groups excluding carboxylic acids is 3. The van der Waals surface area contributed by atoms with Gasteiger partial charge in [-0.05, 0) is 36.8 Å². The lowest BCUT2D eigenvalue weighted by Crippen LogP contribution is -2.28. The summed E-state index contributed by atoms with van der Waals surface area (Å²) in [7, 11) is 1.29. The predicted octanol–water partition coefficient (Wildman–Crippen LogP) is 2.16. The number of aryl methyl sites for hydroxylation is 1. The summed E-state index contributed by atoms with van der Waals surface area (Å²) in [5, 5.41) is 13.4. The molecule has 0 saturated heterocycles. The van der Waals surface area contributed by atoms with E-state index in [0.29, 0.717) is 11.1 Å². The van der Waals surface area contributed by atoms with Gasteiger partial charge >= 0.3 is 11.9 Å². The molecule has 0 spiro atoms. The van der Waals surface area contributed by atoms with Crippen LogP contribution < -0.4 is 5.32 Å². The van der Waals surface area contributed by atoms with Gasteiger partial charge in [0.2, 0.25) is 0 Å². The molecule has 2 aromatic carbocycles. The van der Waals surface area contributed by atoms with Crippen molar-refractivity contribution in [3.05, 3.63) is 74.8 Å². The van der Waals surface area contributed by atoms with Gasteiger partial charge in [0.05, 0.1) is 23.2 Å². The first kappa shape index (κ1) is 20.6. The largest absolute Gasteiger partial charge is 0.465 e. The van der Waals surface area contributed by atoms with Crippen molar-refractivity contribution in [1.29, 1.82) is 0 Å². The minimum Gasteiger partial charge on any atom is -0.465 e. The summed E-state index contributed by atoms with van der Waals surface area (Å²) in [4.78, 5) is 45.4. The highest BCUT2D eigenvalue weighted by molar-refractivity contribution is 5.92. The molecule has 0 unspecified atom stereocenters. The highest BCUT2D eigenvalue weighted by atomic mass is 16.6. The molecule has 9 nitrogen and oxygen atoms in total. The SMILES string of the molecule is COC(=O)c1ccc(CNC(=O)COC(=O)c2ccc([N+](=O)[O-])c(C)c2)cc1. The van der Waals surface area contributed by atoms with E-state index >= 15 is 0 Å². The number of methoxy groups -OCH3 is 1. The number of hydrogen-bond donors (Lipinski definition) is 1. The van der Waals surface area contributed by atoms with Gasteiger partial charge in [0.25, 0.3) is 11.6 Å². The van der Waals surface area contributed by atoms with E-state index in [9.17, 15) is 24.5 Å². The van der Waals surface area contributed by atoms with Crippen LogP contribution >= 0.6 is 0 Å². The van der Waals surface area contributed by atoms with Gasteiger partial charge in [-0.2, -0.15) is 0 Å². The van der Waals surface area contributed by atoms with Crippen LogP contribution in [-0.4, -0.2) is 36.5 Å². The van der Waals surface area contributed by atoms with Gasteiger partial charge in [-0.1, -0.05) is 12.1 Å². The zero-order valence-electron chi connectivity index (χ0n) is 15.3. The number of nitrogens with zero attached hydrogens (tertiary/aromatic N) is 1. The minimum atomic E-state index is -0.754. The number of nitro benzene ring substituents is 1. The summed E-state index contributed by atoms with van der Waals surface area (Å²) in [6.07, 6.45) is 0. The third-order valence-electron chi connectivity index (χ3n) is 3.83. The summed E-state index contributed by atoms with van der Waals surface area (Å²) >= 11 is 0. The maximum Gasteiger partial charge on any atom is 0.338 e. The molecule has 0 radical (unpaired) electrons. The maximum atomic E-state index is 12.0. The van der Waals surface area contributed by atoms with Crippen molar-refractivity contribution in [2.75, 3.05) is 13.7 Å². The van der Waals surface area contributed by atoms with E-state index in [1.807, 2.05) is 0 Å². The monoisotopic (exact) mass is 386 g/mol. The lowest BCUT2D eigenvalue weighted by molar-refractivity contribution is -0.385. The number of hydrogen-bond acceptors (Lipinski definition) is 7. The van der Waals surface area contributed by atoms with Crippen LogP contribution in [0.25, 0.3) is 0 Å². The van der Waals surface area contributed by atoms with Crippen molar-refractivity contribution in [3.8, 4) is 0 Å². The summed E-state index contributed by atoms with van der Waals surface area (Å²) in [6, 6.07) is 10.3. The van der Waals surface area contributed by atoms with Crippen LogP contribution in [0.5, 0.6) is 0 Å². The molecule has 0 saturated carbocycles. The fourth-order valence-corrected chi connectivity index (χ4v) is 2.33. The molecule has 2 rings (SSSR count). The quantitative estimate of drug-likeness (QED) is 0.439. The van der Waals surface area contributed by atoms with Crippen LogP contribution in [0.15, 0.2) is 42.5 Å². The Morgan fingerprint density at radius 2 is 1.68 bits per heavy atom. The summed E-state index contributed by atoms with van der Waals surface area (Å²) < 4.78 is 9.52. The molecule has 0 aliphatic carbocycles. The molecular weight excluding hydrogens is 368 g/mol. The zero-order chi connectivity index (χ0) is 20.7. The number of ether oxygens (including phenoxy) is 2.